The molecule has 0 saturated heterocycles. The number of ether oxygens (including phenoxy) is 1. The normalized spacial score (nSPS) is 10.3. The number of aliphatic hydroxyl groups excluding tert-OH is 1. The largest absolute Gasteiger partial charge is 0.394 e. The third-order valence-electron chi connectivity index (χ3n) is 1.73. The molecule has 0 radical (unpaired) electrons. The fourth-order valence-electron chi connectivity index (χ4n) is 1.04. The van der Waals surface area contributed by atoms with Gasteiger partial charge in [0.05, 0.1) is 13.2 Å². The van der Waals surface area contributed by atoms with Crippen LogP contribution in [0.3, 0.4) is 0 Å². The number of nitrogens with one attached hydrogen (secondary N) is 1. The van der Waals surface area contributed by atoms with E-state index in [4.69, 9.17) is 9.84 Å². The molecule has 1 heterocycles. The minimum Gasteiger partial charge on any atom is -0.394 e. The highest BCUT2D eigenvalue weighted by atomic mass is 79.9. The van der Waals surface area contributed by atoms with Crippen LogP contribution in [0, 0.1) is 0 Å². The molecular weight excluding hydrogens is 260 g/mol. The lowest BCUT2D eigenvalue weighted by molar-refractivity contribution is 0.0922. The Morgan fingerprint density at radius 2 is 2.27 bits per heavy atom. The lowest BCUT2D eigenvalue weighted by Crippen LogP contribution is -2.08. The topological polar surface area (TPSA) is 54.4 Å². The number of rotatable bonds is 7. The van der Waals surface area contributed by atoms with Crippen molar-refractivity contribution in [3.05, 3.63) is 22.8 Å². The van der Waals surface area contributed by atoms with Gasteiger partial charge in [-0.15, -0.1) is 0 Å². The Morgan fingerprint density at radius 1 is 1.40 bits per heavy atom. The van der Waals surface area contributed by atoms with Gasteiger partial charge in [-0.25, -0.2) is 4.98 Å². The Hall–Kier alpha value is -0.650. The number of aromatic nitrogens is 1. The van der Waals surface area contributed by atoms with Crippen molar-refractivity contribution in [1.82, 2.24) is 4.98 Å². The van der Waals surface area contributed by atoms with Crippen molar-refractivity contribution in [2.45, 2.75) is 6.42 Å². The van der Waals surface area contributed by atoms with Gasteiger partial charge >= 0.3 is 0 Å². The minimum atomic E-state index is 0.0850. The van der Waals surface area contributed by atoms with Crippen molar-refractivity contribution in [1.29, 1.82) is 0 Å². The summed E-state index contributed by atoms with van der Waals surface area (Å²) in [6.45, 7) is 1.97. The molecule has 0 aliphatic rings. The third-order valence-corrected chi connectivity index (χ3v) is 2.20. The fraction of sp³-hybridized carbons (Fsp3) is 0.500. The number of aliphatic hydroxyl groups is 1. The molecule has 5 heteroatoms. The average molecular weight is 275 g/mol. The van der Waals surface area contributed by atoms with Crippen LogP contribution in [0.25, 0.3) is 0 Å². The van der Waals surface area contributed by atoms with E-state index in [0.717, 1.165) is 23.3 Å². The Bertz CT molecular complexity index is 267. The monoisotopic (exact) mass is 274 g/mol. The van der Waals surface area contributed by atoms with Crippen molar-refractivity contribution >= 4 is 21.7 Å². The molecule has 0 fully saturated rings. The van der Waals surface area contributed by atoms with E-state index in [2.05, 4.69) is 26.2 Å². The number of hydrogen-bond acceptors (Lipinski definition) is 4. The maximum absolute atomic E-state index is 8.47. The lowest BCUT2D eigenvalue weighted by Gasteiger charge is -2.05. The summed E-state index contributed by atoms with van der Waals surface area (Å²) >= 11 is 3.32. The van der Waals surface area contributed by atoms with Crippen molar-refractivity contribution in [2.24, 2.45) is 0 Å². The molecule has 0 aliphatic carbocycles. The molecule has 0 unspecified atom stereocenters. The highest BCUT2D eigenvalue weighted by Crippen LogP contribution is 2.10. The molecule has 0 bridgehead atoms. The Morgan fingerprint density at radius 3 is 2.93 bits per heavy atom. The zero-order valence-electron chi connectivity index (χ0n) is 8.45. The van der Waals surface area contributed by atoms with Gasteiger partial charge in [-0.05, 0) is 34.5 Å². The molecule has 1 aromatic rings. The van der Waals surface area contributed by atoms with E-state index >= 15 is 0 Å². The van der Waals surface area contributed by atoms with E-state index < -0.39 is 0 Å². The van der Waals surface area contributed by atoms with Crippen LogP contribution in [0.5, 0.6) is 0 Å². The van der Waals surface area contributed by atoms with Gasteiger partial charge in [0.1, 0.15) is 5.82 Å². The second-order valence-corrected chi connectivity index (χ2v) is 3.89. The van der Waals surface area contributed by atoms with Crippen molar-refractivity contribution in [3.63, 3.8) is 0 Å². The van der Waals surface area contributed by atoms with E-state index in [-0.39, 0.29) is 6.61 Å². The number of halogens is 1. The van der Waals surface area contributed by atoms with Gasteiger partial charge in [-0.2, -0.15) is 0 Å². The van der Waals surface area contributed by atoms with Crippen LogP contribution in [-0.4, -0.2) is 36.5 Å². The first-order chi connectivity index (χ1) is 7.33. The summed E-state index contributed by atoms with van der Waals surface area (Å²) in [5.74, 6) is 0.861. The van der Waals surface area contributed by atoms with Gasteiger partial charge < -0.3 is 15.2 Å². The van der Waals surface area contributed by atoms with Gasteiger partial charge in [0.25, 0.3) is 0 Å². The van der Waals surface area contributed by atoms with Gasteiger partial charge in [-0.3, -0.25) is 0 Å². The lowest BCUT2D eigenvalue weighted by atomic mass is 10.4. The van der Waals surface area contributed by atoms with E-state index in [1.54, 1.807) is 6.20 Å². The van der Waals surface area contributed by atoms with E-state index in [1.807, 2.05) is 12.1 Å². The Labute approximate surface area is 97.8 Å². The van der Waals surface area contributed by atoms with Gasteiger partial charge in [0.15, 0.2) is 0 Å². The predicted molar refractivity (Wildman–Crippen MR) is 62.9 cm³/mol. The average Bonchev–Trinajstić information content (AvgIpc) is 2.26. The quantitative estimate of drug-likeness (QED) is 0.743. The van der Waals surface area contributed by atoms with E-state index in [0.29, 0.717) is 13.2 Å². The number of nitrogens with zero attached hydrogens (tertiary/aromatic N) is 1. The van der Waals surface area contributed by atoms with Crippen LogP contribution < -0.4 is 5.32 Å². The molecule has 0 spiro atoms. The molecule has 15 heavy (non-hydrogen) atoms. The molecule has 1 aromatic heterocycles. The molecule has 1 rings (SSSR count). The molecule has 84 valence electrons. The molecule has 0 aliphatic heterocycles. The smallest absolute Gasteiger partial charge is 0.125 e. The van der Waals surface area contributed by atoms with Crippen LogP contribution in [0.2, 0.25) is 0 Å². The van der Waals surface area contributed by atoms with E-state index in [9.17, 15) is 0 Å². The second kappa shape index (κ2) is 7.62. The summed E-state index contributed by atoms with van der Waals surface area (Å²) in [5, 5.41) is 11.6. The summed E-state index contributed by atoms with van der Waals surface area (Å²) in [6, 6.07) is 3.86. The molecular formula is C10H15BrN2O2. The summed E-state index contributed by atoms with van der Waals surface area (Å²) in [4.78, 5) is 4.17. The van der Waals surface area contributed by atoms with Gasteiger partial charge in [0, 0.05) is 23.8 Å². The van der Waals surface area contributed by atoms with Crippen LogP contribution in [-0.2, 0) is 4.74 Å². The van der Waals surface area contributed by atoms with Crippen molar-refractivity contribution < 1.29 is 9.84 Å². The van der Waals surface area contributed by atoms with Gasteiger partial charge in [-0.1, -0.05) is 0 Å². The SMILES string of the molecule is OCCOCCCNc1ccc(Br)cn1. The molecule has 2 N–H and O–H groups in total. The number of pyridine rings is 1. The van der Waals surface area contributed by atoms with Crippen LogP contribution in [0.1, 0.15) is 6.42 Å². The van der Waals surface area contributed by atoms with Crippen LogP contribution >= 0.6 is 15.9 Å². The first kappa shape index (κ1) is 12.4. The Kier molecular flexibility index (Phi) is 6.31. The maximum Gasteiger partial charge on any atom is 0.125 e. The minimum absolute atomic E-state index is 0.0850. The zero-order valence-corrected chi connectivity index (χ0v) is 10.0. The van der Waals surface area contributed by atoms with Crippen LogP contribution in [0.15, 0.2) is 22.8 Å². The number of anilines is 1. The zero-order chi connectivity index (χ0) is 10.9. The first-order valence-corrected chi connectivity index (χ1v) is 5.66. The molecule has 0 saturated carbocycles. The highest BCUT2D eigenvalue weighted by molar-refractivity contribution is 9.10. The molecule has 4 nitrogen and oxygen atoms in total. The summed E-state index contributed by atoms with van der Waals surface area (Å²) in [6.07, 6.45) is 2.66. The Balaban J connectivity index is 2.07. The molecule has 0 aromatic carbocycles. The highest BCUT2D eigenvalue weighted by Gasteiger charge is 1.93. The molecule has 0 amide bonds. The van der Waals surface area contributed by atoms with Gasteiger partial charge in [0.2, 0.25) is 0 Å². The van der Waals surface area contributed by atoms with E-state index in [1.165, 1.54) is 0 Å². The van der Waals surface area contributed by atoms with Crippen molar-refractivity contribution in [2.75, 3.05) is 31.7 Å². The van der Waals surface area contributed by atoms with Crippen molar-refractivity contribution in [3.8, 4) is 0 Å². The maximum atomic E-state index is 8.47. The predicted octanol–water partition coefficient (Wildman–Crippen LogP) is 1.65. The summed E-state index contributed by atoms with van der Waals surface area (Å²) in [7, 11) is 0. The van der Waals surface area contributed by atoms with Crippen LogP contribution in [0.4, 0.5) is 5.82 Å². The first-order valence-electron chi connectivity index (χ1n) is 4.87. The fourth-order valence-corrected chi connectivity index (χ4v) is 1.27. The summed E-state index contributed by atoms with van der Waals surface area (Å²) in [5.41, 5.74) is 0. The second-order valence-electron chi connectivity index (χ2n) is 2.98. The summed E-state index contributed by atoms with van der Waals surface area (Å²) < 4.78 is 6.09. The molecule has 0 atom stereocenters. The number of hydrogen-bond donors (Lipinski definition) is 2. The third kappa shape index (κ3) is 5.71. The standard InChI is InChI=1S/C10H15BrN2O2/c11-9-2-3-10(13-8-9)12-4-1-6-15-7-5-14/h2-3,8,14H,1,4-7H2,(H,12,13).